The Balaban J connectivity index is 1.86. The molecule has 24 heavy (non-hydrogen) atoms. The van der Waals surface area contributed by atoms with Crippen molar-refractivity contribution in [2.24, 2.45) is 7.05 Å². The van der Waals surface area contributed by atoms with Gasteiger partial charge in [0, 0.05) is 37.4 Å². The fraction of sp³-hybridized carbons (Fsp3) is 0.235. The maximum absolute atomic E-state index is 12.6. The summed E-state index contributed by atoms with van der Waals surface area (Å²) in [5.41, 5.74) is 2.37. The second-order valence-electron chi connectivity index (χ2n) is 5.78. The summed E-state index contributed by atoms with van der Waals surface area (Å²) in [6.45, 7) is 3.52. The van der Waals surface area contributed by atoms with Crippen LogP contribution in [0.25, 0.3) is 5.69 Å². The van der Waals surface area contributed by atoms with E-state index in [0.717, 1.165) is 11.3 Å². The predicted octanol–water partition coefficient (Wildman–Crippen LogP) is 2.56. The second kappa shape index (κ2) is 6.26. The van der Waals surface area contributed by atoms with Gasteiger partial charge >= 0.3 is 0 Å². The molecule has 0 spiro atoms. The van der Waals surface area contributed by atoms with Crippen LogP contribution in [0.5, 0.6) is 0 Å². The Labute approximate surface area is 141 Å². The van der Waals surface area contributed by atoms with Crippen LogP contribution in [-0.4, -0.2) is 22.8 Å². The van der Waals surface area contributed by atoms with E-state index in [0.29, 0.717) is 5.69 Å². The molecule has 0 fully saturated rings. The van der Waals surface area contributed by atoms with Crippen LogP contribution in [0.15, 0.2) is 59.9 Å². The van der Waals surface area contributed by atoms with Crippen molar-refractivity contribution in [3.8, 4) is 5.69 Å². The van der Waals surface area contributed by atoms with E-state index in [-0.39, 0.29) is 10.9 Å². The lowest BCUT2D eigenvalue weighted by molar-refractivity contribution is 0.566. The van der Waals surface area contributed by atoms with Crippen LogP contribution >= 0.6 is 0 Å². The van der Waals surface area contributed by atoms with Crippen molar-refractivity contribution in [1.29, 1.82) is 0 Å². The van der Waals surface area contributed by atoms with Crippen LogP contribution in [0.1, 0.15) is 24.2 Å². The molecule has 1 aromatic carbocycles. The Morgan fingerprint density at radius 1 is 1.17 bits per heavy atom. The van der Waals surface area contributed by atoms with E-state index in [2.05, 4.69) is 9.82 Å². The molecule has 0 saturated heterocycles. The van der Waals surface area contributed by atoms with Gasteiger partial charge in [-0.3, -0.25) is 4.68 Å². The van der Waals surface area contributed by atoms with Gasteiger partial charge < -0.3 is 4.57 Å². The van der Waals surface area contributed by atoms with Gasteiger partial charge in [0.15, 0.2) is 0 Å². The van der Waals surface area contributed by atoms with Crippen LogP contribution < -0.4 is 4.72 Å². The van der Waals surface area contributed by atoms with Crippen LogP contribution in [0, 0.1) is 6.92 Å². The molecule has 126 valence electrons. The van der Waals surface area contributed by atoms with Crippen LogP contribution in [0.4, 0.5) is 0 Å². The molecule has 1 atom stereocenters. The number of nitrogens with one attached hydrogen (secondary N) is 1. The third kappa shape index (κ3) is 3.27. The molecular formula is C17H20N4O2S. The largest absolute Gasteiger partial charge is 0.324 e. The summed E-state index contributed by atoms with van der Waals surface area (Å²) in [7, 11) is -1.92. The molecule has 0 saturated carbocycles. The summed E-state index contributed by atoms with van der Waals surface area (Å²) >= 11 is 0. The molecule has 3 rings (SSSR count). The SMILES string of the molecule is Cc1nn(C)cc1S(=O)(=O)NC(C)c1cccc(-n2cccc2)c1. The molecular weight excluding hydrogens is 324 g/mol. The van der Waals surface area contributed by atoms with Gasteiger partial charge in [0.05, 0.1) is 5.69 Å². The third-order valence-electron chi connectivity index (χ3n) is 3.86. The number of sulfonamides is 1. The van der Waals surface area contributed by atoms with E-state index in [1.54, 1.807) is 14.0 Å². The Morgan fingerprint density at radius 3 is 2.50 bits per heavy atom. The molecule has 7 heteroatoms. The Hall–Kier alpha value is -2.38. The van der Waals surface area contributed by atoms with Crippen molar-refractivity contribution < 1.29 is 8.42 Å². The summed E-state index contributed by atoms with van der Waals surface area (Å²) in [4.78, 5) is 0.207. The molecule has 6 nitrogen and oxygen atoms in total. The zero-order valence-electron chi connectivity index (χ0n) is 13.8. The fourth-order valence-corrected chi connectivity index (χ4v) is 4.12. The first-order valence-electron chi connectivity index (χ1n) is 7.63. The summed E-state index contributed by atoms with van der Waals surface area (Å²) in [6.07, 6.45) is 5.42. The van der Waals surface area contributed by atoms with E-state index in [1.807, 2.05) is 60.3 Å². The minimum Gasteiger partial charge on any atom is -0.324 e. The van der Waals surface area contributed by atoms with Crippen LogP contribution in [0.3, 0.4) is 0 Å². The maximum Gasteiger partial charge on any atom is 0.244 e. The van der Waals surface area contributed by atoms with Gasteiger partial charge in [-0.25, -0.2) is 13.1 Å². The maximum atomic E-state index is 12.6. The number of aryl methyl sites for hydroxylation is 2. The molecule has 0 aliphatic carbocycles. The number of rotatable bonds is 5. The van der Waals surface area contributed by atoms with Gasteiger partial charge in [-0.2, -0.15) is 5.10 Å². The van der Waals surface area contributed by atoms with Gasteiger partial charge in [0.1, 0.15) is 4.90 Å². The van der Waals surface area contributed by atoms with Crippen molar-refractivity contribution in [2.45, 2.75) is 24.8 Å². The van der Waals surface area contributed by atoms with Crippen LogP contribution in [-0.2, 0) is 17.1 Å². The Morgan fingerprint density at radius 2 is 1.88 bits per heavy atom. The van der Waals surface area contributed by atoms with E-state index in [4.69, 9.17) is 0 Å². The molecule has 0 amide bonds. The smallest absolute Gasteiger partial charge is 0.244 e. The van der Waals surface area contributed by atoms with Crippen molar-refractivity contribution >= 4 is 10.0 Å². The average Bonchev–Trinajstić information content (AvgIpc) is 3.17. The minimum atomic E-state index is -3.62. The van der Waals surface area contributed by atoms with Crippen molar-refractivity contribution in [2.75, 3.05) is 0 Å². The van der Waals surface area contributed by atoms with Gasteiger partial charge in [0.25, 0.3) is 0 Å². The minimum absolute atomic E-state index is 0.207. The highest BCUT2D eigenvalue weighted by Crippen LogP contribution is 2.21. The van der Waals surface area contributed by atoms with Gasteiger partial charge in [-0.1, -0.05) is 12.1 Å². The predicted molar refractivity (Wildman–Crippen MR) is 92.5 cm³/mol. The molecule has 2 aromatic heterocycles. The first-order valence-corrected chi connectivity index (χ1v) is 9.11. The highest BCUT2D eigenvalue weighted by molar-refractivity contribution is 7.89. The molecule has 1 N–H and O–H groups in total. The first kappa shape index (κ1) is 16.5. The standard InChI is InChI=1S/C17H20N4O2S/c1-13(19-24(22,23)17-12-20(3)18-14(17)2)15-7-6-8-16(11-15)21-9-4-5-10-21/h4-13,19H,1-3H3. The topological polar surface area (TPSA) is 68.9 Å². The molecule has 1 unspecified atom stereocenters. The molecule has 0 aliphatic heterocycles. The van der Waals surface area contributed by atoms with Crippen LogP contribution in [0.2, 0.25) is 0 Å². The highest BCUT2D eigenvalue weighted by atomic mass is 32.2. The van der Waals surface area contributed by atoms with E-state index in [9.17, 15) is 8.42 Å². The zero-order chi connectivity index (χ0) is 17.3. The molecule has 3 aromatic rings. The number of hydrogen-bond acceptors (Lipinski definition) is 3. The summed E-state index contributed by atoms with van der Waals surface area (Å²) in [5.74, 6) is 0. The molecule has 0 bridgehead atoms. The van der Waals surface area contributed by atoms with Gasteiger partial charge in [-0.15, -0.1) is 0 Å². The monoisotopic (exact) mass is 344 g/mol. The average molecular weight is 344 g/mol. The molecule has 0 aliphatic rings. The highest BCUT2D eigenvalue weighted by Gasteiger charge is 2.22. The number of aromatic nitrogens is 3. The summed E-state index contributed by atoms with van der Waals surface area (Å²) in [5, 5.41) is 4.10. The second-order valence-corrected chi connectivity index (χ2v) is 7.46. The van der Waals surface area contributed by atoms with E-state index in [1.165, 1.54) is 10.9 Å². The van der Waals surface area contributed by atoms with Gasteiger partial charge in [0.2, 0.25) is 10.0 Å². The fourth-order valence-electron chi connectivity index (χ4n) is 2.67. The summed E-state index contributed by atoms with van der Waals surface area (Å²) in [6, 6.07) is 11.3. The molecule has 0 radical (unpaired) electrons. The lowest BCUT2D eigenvalue weighted by Crippen LogP contribution is -2.27. The third-order valence-corrected chi connectivity index (χ3v) is 5.51. The van der Waals surface area contributed by atoms with Crippen molar-refractivity contribution in [3.63, 3.8) is 0 Å². The number of nitrogens with zero attached hydrogens (tertiary/aromatic N) is 3. The van der Waals surface area contributed by atoms with E-state index < -0.39 is 10.0 Å². The lowest BCUT2D eigenvalue weighted by Gasteiger charge is -2.15. The zero-order valence-corrected chi connectivity index (χ0v) is 14.7. The lowest BCUT2D eigenvalue weighted by atomic mass is 10.1. The number of benzene rings is 1. The summed E-state index contributed by atoms with van der Waals surface area (Å²) < 4.78 is 31.4. The Bertz CT molecular complexity index is 943. The number of hydrogen-bond donors (Lipinski definition) is 1. The first-order chi connectivity index (χ1) is 11.4. The van der Waals surface area contributed by atoms with Crippen molar-refractivity contribution in [1.82, 2.24) is 19.1 Å². The quantitative estimate of drug-likeness (QED) is 0.773. The Kier molecular flexibility index (Phi) is 4.29. The molecule has 2 heterocycles. The van der Waals surface area contributed by atoms with Crippen molar-refractivity contribution in [3.05, 3.63) is 66.2 Å². The normalized spacial score (nSPS) is 13.1. The van der Waals surface area contributed by atoms with Gasteiger partial charge in [-0.05, 0) is 43.7 Å². The van der Waals surface area contributed by atoms with E-state index >= 15 is 0 Å².